The van der Waals surface area contributed by atoms with Crippen molar-refractivity contribution in [3.05, 3.63) is 35.4 Å². The normalized spacial score (nSPS) is 18.6. The first-order valence-electron chi connectivity index (χ1n) is 11.8. The summed E-state index contributed by atoms with van der Waals surface area (Å²) in [5.41, 5.74) is 1.26. The van der Waals surface area contributed by atoms with E-state index in [1.54, 1.807) is 38.3 Å². The number of amides is 1. The molecule has 0 radical (unpaired) electrons. The molecule has 0 atom stereocenters. The number of sulfonamides is 1. The minimum absolute atomic E-state index is 0.0429. The number of nitrogens with one attached hydrogen (secondary N) is 1. The summed E-state index contributed by atoms with van der Waals surface area (Å²) in [4.78, 5) is 17.2. The van der Waals surface area contributed by atoms with Crippen LogP contribution in [0.4, 0.5) is 0 Å². The number of carbonyl (C=O) groups is 1. The Morgan fingerprint density at radius 1 is 1.18 bits per heavy atom. The van der Waals surface area contributed by atoms with Crippen LogP contribution in [0.5, 0.6) is 5.75 Å². The molecule has 182 valence electrons. The molecule has 1 saturated heterocycles. The lowest BCUT2D eigenvalue weighted by Gasteiger charge is -2.33. The SMILES string of the molecule is CCN(CC)CCCNC(=O)C1CCN(C2=NS(=O)(=O)C(c3ccc(OC)cc3)=C2C)CC1. The van der Waals surface area contributed by atoms with Crippen LogP contribution < -0.4 is 10.1 Å². The number of likely N-dealkylation sites (tertiary alicyclic amines) is 1. The second kappa shape index (κ2) is 11.2. The molecule has 1 N–H and O–H groups in total. The van der Waals surface area contributed by atoms with Crippen molar-refractivity contribution in [3.8, 4) is 5.75 Å². The zero-order chi connectivity index (χ0) is 24.0. The Hall–Kier alpha value is -2.39. The average molecular weight is 477 g/mol. The van der Waals surface area contributed by atoms with Gasteiger partial charge in [-0.1, -0.05) is 13.8 Å². The molecule has 0 unspecified atom stereocenters. The Labute approximate surface area is 197 Å². The van der Waals surface area contributed by atoms with Crippen molar-refractivity contribution >= 4 is 26.7 Å². The van der Waals surface area contributed by atoms with Gasteiger partial charge in [0.1, 0.15) is 16.5 Å². The summed E-state index contributed by atoms with van der Waals surface area (Å²) in [6.07, 6.45) is 2.32. The van der Waals surface area contributed by atoms with Crippen LogP contribution in [0, 0.1) is 5.92 Å². The summed E-state index contributed by atoms with van der Waals surface area (Å²) in [6, 6.07) is 6.97. The van der Waals surface area contributed by atoms with Crippen LogP contribution in [0.1, 0.15) is 45.6 Å². The summed E-state index contributed by atoms with van der Waals surface area (Å²) >= 11 is 0. The molecule has 0 spiro atoms. The molecule has 33 heavy (non-hydrogen) atoms. The predicted octanol–water partition coefficient (Wildman–Crippen LogP) is 2.73. The van der Waals surface area contributed by atoms with Gasteiger partial charge >= 0.3 is 0 Å². The summed E-state index contributed by atoms with van der Waals surface area (Å²) < 4.78 is 34.9. The zero-order valence-corrected chi connectivity index (χ0v) is 21.0. The first-order chi connectivity index (χ1) is 15.8. The highest BCUT2D eigenvalue weighted by Gasteiger charge is 2.35. The summed E-state index contributed by atoms with van der Waals surface area (Å²) in [5.74, 6) is 1.22. The maximum atomic E-state index is 12.8. The fourth-order valence-corrected chi connectivity index (χ4v) is 5.96. The fraction of sp³-hybridized carbons (Fsp3) is 0.583. The minimum atomic E-state index is -3.76. The van der Waals surface area contributed by atoms with Crippen LogP contribution in [0.3, 0.4) is 0 Å². The van der Waals surface area contributed by atoms with E-state index in [1.165, 1.54) is 0 Å². The zero-order valence-electron chi connectivity index (χ0n) is 20.1. The highest BCUT2D eigenvalue weighted by atomic mass is 32.2. The number of hydrogen-bond acceptors (Lipinski definition) is 6. The number of benzene rings is 1. The molecule has 2 heterocycles. The predicted molar refractivity (Wildman–Crippen MR) is 132 cm³/mol. The number of ether oxygens (including phenoxy) is 1. The van der Waals surface area contributed by atoms with Crippen molar-refractivity contribution in [1.29, 1.82) is 0 Å². The third kappa shape index (κ3) is 5.95. The van der Waals surface area contributed by atoms with Gasteiger partial charge in [0, 0.05) is 31.1 Å². The van der Waals surface area contributed by atoms with E-state index in [0.29, 0.717) is 55.2 Å². The molecule has 9 heteroatoms. The fourth-order valence-electron chi connectivity index (χ4n) is 4.48. The molecule has 2 aliphatic rings. The van der Waals surface area contributed by atoms with Crippen molar-refractivity contribution in [2.45, 2.75) is 40.0 Å². The molecule has 0 bridgehead atoms. The molecular weight excluding hydrogens is 440 g/mol. The lowest BCUT2D eigenvalue weighted by molar-refractivity contribution is -0.126. The molecule has 3 rings (SSSR count). The molecule has 2 aliphatic heterocycles. The number of nitrogens with zero attached hydrogens (tertiary/aromatic N) is 3. The van der Waals surface area contributed by atoms with E-state index in [9.17, 15) is 13.2 Å². The number of amidine groups is 1. The van der Waals surface area contributed by atoms with Crippen molar-refractivity contribution in [1.82, 2.24) is 15.1 Å². The first-order valence-corrected chi connectivity index (χ1v) is 13.2. The number of rotatable bonds is 9. The van der Waals surface area contributed by atoms with E-state index >= 15 is 0 Å². The number of hydrogen-bond donors (Lipinski definition) is 1. The van der Waals surface area contributed by atoms with Gasteiger partial charge in [0.15, 0.2) is 0 Å². The molecule has 1 amide bonds. The third-order valence-corrected chi connectivity index (χ3v) is 7.97. The Kier molecular flexibility index (Phi) is 8.53. The summed E-state index contributed by atoms with van der Waals surface area (Å²) in [5, 5.41) is 3.07. The van der Waals surface area contributed by atoms with E-state index in [0.717, 1.165) is 26.1 Å². The van der Waals surface area contributed by atoms with Crippen LogP contribution in [0.15, 0.2) is 34.2 Å². The molecule has 1 aromatic carbocycles. The Bertz CT molecular complexity index is 990. The van der Waals surface area contributed by atoms with E-state index < -0.39 is 10.0 Å². The van der Waals surface area contributed by atoms with Gasteiger partial charge < -0.3 is 19.9 Å². The number of carbonyl (C=O) groups excluding carboxylic acids is 1. The maximum absolute atomic E-state index is 12.8. The van der Waals surface area contributed by atoms with E-state index in [4.69, 9.17) is 4.74 Å². The van der Waals surface area contributed by atoms with Gasteiger partial charge in [-0.05, 0) is 75.6 Å². The summed E-state index contributed by atoms with van der Waals surface area (Å²) in [7, 11) is -2.19. The average Bonchev–Trinajstić information content (AvgIpc) is 3.07. The summed E-state index contributed by atoms with van der Waals surface area (Å²) in [6.45, 7) is 11.0. The largest absolute Gasteiger partial charge is 0.497 e. The topological polar surface area (TPSA) is 91.3 Å². The Morgan fingerprint density at radius 2 is 1.82 bits per heavy atom. The van der Waals surface area contributed by atoms with Gasteiger partial charge in [0.2, 0.25) is 5.91 Å². The molecule has 1 fully saturated rings. The molecule has 1 aromatic rings. The lowest BCUT2D eigenvalue weighted by Crippen LogP contribution is -2.43. The first kappa shape index (κ1) is 25.2. The second-order valence-electron chi connectivity index (χ2n) is 8.51. The molecular formula is C24H36N4O4S. The van der Waals surface area contributed by atoms with Gasteiger partial charge in [-0.15, -0.1) is 4.40 Å². The maximum Gasteiger partial charge on any atom is 0.285 e. The number of methoxy groups -OCH3 is 1. The van der Waals surface area contributed by atoms with Crippen molar-refractivity contribution in [3.63, 3.8) is 0 Å². The quantitative estimate of drug-likeness (QED) is 0.551. The third-order valence-electron chi connectivity index (χ3n) is 6.50. The van der Waals surface area contributed by atoms with Gasteiger partial charge in [-0.25, -0.2) is 0 Å². The van der Waals surface area contributed by atoms with Gasteiger partial charge in [-0.2, -0.15) is 8.42 Å². The van der Waals surface area contributed by atoms with Gasteiger partial charge in [0.05, 0.1) is 7.11 Å². The van der Waals surface area contributed by atoms with E-state index in [-0.39, 0.29) is 16.7 Å². The molecule has 0 aromatic heterocycles. The van der Waals surface area contributed by atoms with Crippen molar-refractivity contribution < 1.29 is 17.9 Å². The molecule has 0 aliphatic carbocycles. The Morgan fingerprint density at radius 3 is 2.39 bits per heavy atom. The van der Waals surface area contributed by atoms with Crippen LogP contribution >= 0.6 is 0 Å². The van der Waals surface area contributed by atoms with Crippen LogP contribution in [-0.4, -0.2) is 76.3 Å². The van der Waals surface area contributed by atoms with Crippen molar-refractivity contribution in [2.24, 2.45) is 10.3 Å². The Balaban J connectivity index is 1.57. The van der Waals surface area contributed by atoms with E-state index in [1.807, 2.05) is 4.90 Å². The highest BCUT2D eigenvalue weighted by Crippen LogP contribution is 2.35. The highest BCUT2D eigenvalue weighted by molar-refractivity contribution is 8.00. The number of piperidine rings is 1. The molecule has 8 nitrogen and oxygen atoms in total. The van der Waals surface area contributed by atoms with Gasteiger partial charge in [0.25, 0.3) is 10.0 Å². The molecule has 0 saturated carbocycles. The monoisotopic (exact) mass is 476 g/mol. The van der Waals surface area contributed by atoms with Crippen LogP contribution in [-0.2, 0) is 14.8 Å². The second-order valence-corrected chi connectivity index (χ2v) is 10.0. The van der Waals surface area contributed by atoms with Gasteiger partial charge in [-0.3, -0.25) is 4.79 Å². The smallest absolute Gasteiger partial charge is 0.285 e. The standard InChI is InChI=1S/C24H36N4O4S/c1-5-27(6-2)15-7-14-25-24(29)20-12-16-28(17-13-20)23-18(3)22(33(30,31)26-23)19-8-10-21(32-4)11-9-19/h8-11,20H,5-7,12-17H2,1-4H3,(H,25,29). The van der Waals surface area contributed by atoms with E-state index in [2.05, 4.69) is 28.5 Å². The van der Waals surface area contributed by atoms with Crippen LogP contribution in [0.2, 0.25) is 0 Å². The lowest BCUT2D eigenvalue weighted by atomic mass is 9.95. The minimum Gasteiger partial charge on any atom is -0.497 e. The van der Waals surface area contributed by atoms with Crippen molar-refractivity contribution in [2.75, 3.05) is 46.4 Å². The van der Waals surface area contributed by atoms with Crippen LogP contribution in [0.25, 0.3) is 4.91 Å².